The van der Waals surface area contributed by atoms with E-state index in [0.717, 1.165) is 18.4 Å². The zero-order valence-corrected chi connectivity index (χ0v) is 12.9. The largest absolute Gasteiger partial charge is 0.399 e. The Hall–Kier alpha value is -1.72. The highest BCUT2D eigenvalue weighted by molar-refractivity contribution is 7.92. The molecular formula is C15H15ClN2O2S. The summed E-state index contributed by atoms with van der Waals surface area (Å²) in [6.45, 7) is 0.474. The molecule has 3 rings (SSSR count). The van der Waals surface area contributed by atoms with Gasteiger partial charge < -0.3 is 5.73 Å². The predicted molar refractivity (Wildman–Crippen MR) is 85.2 cm³/mol. The molecule has 21 heavy (non-hydrogen) atoms. The van der Waals surface area contributed by atoms with E-state index in [2.05, 4.69) is 0 Å². The second-order valence-electron chi connectivity index (χ2n) is 5.02. The summed E-state index contributed by atoms with van der Waals surface area (Å²) in [5, 5.41) is 0.515. The second kappa shape index (κ2) is 5.24. The van der Waals surface area contributed by atoms with Crippen LogP contribution in [0.2, 0.25) is 5.02 Å². The zero-order valence-electron chi connectivity index (χ0n) is 11.3. The summed E-state index contributed by atoms with van der Waals surface area (Å²) in [7, 11) is -3.57. The van der Waals surface area contributed by atoms with E-state index in [1.54, 1.807) is 24.3 Å². The van der Waals surface area contributed by atoms with Crippen LogP contribution in [0, 0.1) is 0 Å². The minimum Gasteiger partial charge on any atom is -0.399 e. The molecule has 2 aromatic carbocycles. The maximum atomic E-state index is 12.8. The molecule has 0 fully saturated rings. The number of nitrogens with zero attached hydrogens (tertiary/aromatic N) is 1. The first kappa shape index (κ1) is 14.2. The van der Waals surface area contributed by atoms with Crippen LogP contribution in [-0.2, 0) is 16.4 Å². The van der Waals surface area contributed by atoms with E-state index in [1.165, 1.54) is 16.4 Å². The molecule has 4 nitrogen and oxygen atoms in total. The fourth-order valence-electron chi connectivity index (χ4n) is 2.57. The van der Waals surface area contributed by atoms with Crippen molar-refractivity contribution in [1.82, 2.24) is 0 Å². The molecule has 0 unspecified atom stereocenters. The molecule has 0 amide bonds. The van der Waals surface area contributed by atoms with Gasteiger partial charge in [0.25, 0.3) is 10.0 Å². The Morgan fingerprint density at radius 1 is 1.10 bits per heavy atom. The number of hydrogen-bond acceptors (Lipinski definition) is 3. The van der Waals surface area contributed by atoms with Crippen molar-refractivity contribution >= 4 is 33.0 Å². The summed E-state index contributed by atoms with van der Waals surface area (Å²) in [5.41, 5.74) is 8.12. The number of nitrogen functional groups attached to an aromatic ring is 1. The van der Waals surface area contributed by atoms with Gasteiger partial charge in [-0.1, -0.05) is 11.6 Å². The van der Waals surface area contributed by atoms with E-state index in [1.807, 2.05) is 6.07 Å². The molecule has 0 radical (unpaired) electrons. The van der Waals surface area contributed by atoms with Crippen LogP contribution in [0.3, 0.4) is 0 Å². The minimum absolute atomic E-state index is 0.247. The number of hydrogen-bond donors (Lipinski definition) is 1. The molecule has 0 saturated carbocycles. The van der Waals surface area contributed by atoms with Crippen molar-refractivity contribution in [2.75, 3.05) is 16.6 Å². The highest BCUT2D eigenvalue weighted by atomic mass is 35.5. The van der Waals surface area contributed by atoms with Gasteiger partial charge in [0.05, 0.1) is 10.6 Å². The molecule has 0 saturated heterocycles. The summed E-state index contributed by atoms with van der Waals surface area (Å²) in [6.07, 6.45) is 1.62. The van der Waals surface area contributed by atoms with Gasteiger partial charge in [-0.15, -0.1) is 0 Å². The highest BCUT2D eigenvalue weighted by Gasteiger charge is 2.28. The third-order valence-electron chi connectivity index (χ3n) is 3.58. The monoisotopic (exact) mass is 322 g/mol. The van der Waals surface area contributed by atoms with Crippen molar-refractivity contribution in [3.8, 4) is 0 Å². The lowest BCUT2D eigenvalue weighted by atomic mass is 10.0. The van der Waals surface area contributed by atoms with Crippen molar-refractivity contribution in [2.24, 2.45) is 0 Å². The van der Waals surface area contributed by atoms with E-state index in [-0.39, 0.29) is 4.90 Å². The van der Waals surface area contributed by atoms with Crippen molar-refractivity contribution in [1.29, 1.82) is 0 Å². The Morgan fingerprint density at radius 3 is 2.52 bits per heavy atom. The molecule has 0 aromatic heterocycles. The molecular weight excluding hydrogens is 308 g/mol. The lowest BCUT2D eigenvalue weighted by molar-refractivity contribution is 0.586. The molecule has 2 N–H and O–H groups in total. The summed E-state index contributed by atoms with van der Waals surface area (Å²) in [4.78, 5) is 0.247. The van der Waals surface area contributed by atoms with Gasteiger partial charge in [-0.05, 0) is 60.9 Å². The lowest BCUT2D eigenvalue weighted by Gasteiger charge is -2.30. The van der Waals surface area contributed by atoms with Crippen LogP contribution < -0.4 is 10.0 Å². The normalized spacial score (nSPS) is 14.8. The van der Waals surface area contributed by atoms with Crippen molar-refractivity contribution in [3.05, 3.63) is 53.1 Å². The first-order valence-electron chi connectivity index (χ1n) is 6.65. The standard InChI is InChI=1S/C15H15ClN2O2S/c16-12-3-6-14(7-4-12)21(19,20)18-9-1-2-11-10-13(17)5-8-15(11)18/h3-8,10H,1-2,9,17H2. The molecule has 0 aliphatic carbocycles. The number of aryl methyl sites for hydroxylation is 1. The smallest absolute Gasteiger partial charge is 0.264 e. The molecule has 2 aromatic rings. The van der Waals surface area contributed by atoms with Gasteiger partial charge in [-0.25, -0.2) is 8.42 Å². The van der Waals surface area contributed by atoms with Crippen LogP contribution >= 0.6 is 11.6 Å². The van der Waals surface area contributed by atoms with Crippen molar-refractivity contribution < 1.29 is 8.42 Å². The number of rotatable bonds is 2. The van der Waals surface area contributed by atoms with Gasteiger partial charge in [-0.3, -0.25) is 4.31 Å². The van der Waals surface area contributed by atoms with Gasteiger partial charge in [0.15, 0.2) is 0 Å². The number of sulfonamides is 1. The molecule has 1 aliphatic rings. The third-order valence-corrected chi connectivity index (χ3v) is 5.66. The topological polar surface area (TPSA) is 63.4 Å². The van der Waals surface area contributed by atoms with Gasteiger partial charge in [0.1, 0.15) is 0 Å². The Balaban J connectivity index is 2.07. The van der Waals surface area contributed by atoms with Gasteiger partial charge >= 0.3 is 0 Å². The molecule has 0 atom stereocenters. The van der Waals surface area contributed by atoms with E-state index in [9.17, 15) is 8.42 Å². The van der Waals surface area contributed by atoms with Crippen LogP contribution in [0.25, 0.3) is 0 Å². The maximum Gasteiger partial charge on any atom is 0.264 e. The third kappa shape index (κ3) is 2.59. The molecule has 110 valence electrons. The second-order valence-corrected chi connectivity index (χ2v) is 7.32. The Morgan fingerprint density at radius 2 is 1.81 bits per heavy atom. The summed E-state index contributed by atoms with van der Waals surface area (Å²) >= 11 is 5.82. The fraction of sp³-hybridized carbons (Fsp3) is 0.200. The summed E-state index contributed by atoms with van der Waals surface area (Å²) in [6, 6.07) is 11.6. The average molecular weight is 323 g/mol. The molecule has 1 aliphatic heterocycles. The summed E-state index contributed by atoms with van der Waals surface area (Å²) < 4.78 is 27.0. The minimum atomic E-state index is -3.57. The first-order valence-corrected chi connectivity index (χ1v) is 8.47. The Labute approximate surface area is 129 Å². The average Bonchev–Trinajstić information content (AvgIpc) is 2.46. The van der Waals surface area contributed by atoms with Gasteiger partial charge in [0.2, 0.25) is 0 Å². The van der Waals surface area contributed by atoms with E-state index in [0.29, 0.717) is 22.9 Å². The zero-order chi connectivity index (χ0) is 15.0. The fourth-order valence-corrected chi connectivity index (χ4v) is 4.23. The number of anilines is 2. The van der Waals surface area contributed by atoms with Crippen molar-refractivity contribution in [2.45, 2.75) is 17.7 Å². The number of halogens is 1. The van der Waals surface area contributed by atoms with Crippen LogP contribution in [0.15, 0.2) is 47.4 Å². The van der Waals surface area contributed by atoms with Crippen LogP contribution in [0.5, 0.6) is 0 Å². The first-order chi connectivity index (χ1) is 9.98. The van der Waals surface area contributed by atoms with Crippen LogP contribution in [0.1, 0.15) is 12.0 Å². The number of benzene rings is 2. The Kier molecular flexibility index (Phi) is 3.55. The SMILES string of the molecule is Nc1ccc2c(c1)CCCN2S(=O)(=O)c1ccc(Cl)cc1. The van der Waals surface area contributed by atoms with Crippen molar-refractivity contribution in [3.63, 3.8) is 0 Å². The van der Waals surface area contributed by atoms with E-state index < -0.39 is 10.0 Å². The molecule has 0 bridgehead atoms. The quantitative estimate of drug-likeness (QED) is 0.864. The number of fused-ring (bicyclic) bond motifs is 1. The Bertz CT molecular complexity index is 773. The predicted octanol–water partition coefficient (Wildman–Crippen LogP) is 3.06. The van der Waals surface area contributed by atoms with E-state index >= 15 is 0 Å². The van der Waals surface area contributed by atoms with Gasteiger partial charge in [0, 0.05) is 17.3 Å². The van der Waals surface area contributed by atoms with Gasteiger partial charge in [-0.2, -0.15) is 0 Å². The lowest BCUT2D eigenvalue weighted by Crippen LogP contribution is -2.35. The maximum absolute atomic E-state index is 12.8. The number of nitrogens with two attached hydrogens (primary N) is 1. The molecule has 6 heteroatoms. The molecule has 0 spiro atoms. The highest BCUT2D eigenvalue weighted by Crippen LogP contribution is 2.33. The van der Waals surface area contributed by atoms with E-state index in [4.69, 9.17) is 17.3 Å². The van der Waals surface area contributed by atoms with Crippen LogP contribution in [-0.4, -0.2) is 15.0 Å². The molecule has 1 heterocycles. The van der Waals surface area contributed by atoms with Crippen LogP contribution in [0.4, 0.5) is 11.4 Å². The summed E-state index contributed by atoms with van der Waals surface area (Å²) in [5.74, 6) is 0.